The van der Waals surface area contributed by atoms with E-state index in [2.05, 4.69) is 0 Å². The van der Waals surface area contributed by atoms with Crippen molar-refractivity contribution in [3.8, 4) is 11.5 Å². The summed E-state index contributed by atoms with van der Waals surface area (Å²) in [4.78, 5) is 26.2. The molecular formula is C19H23NO5S2. The van der Waals surface area contributed by atoms with Crippen LogP contribution in [0.1, 0.15) is 32.8 Å². The molecule has 1 amide bonds. The Labute approximate surface area is 168 Å². The minimum absolute atomic E-state index is 0.213. The van der Waals surface area contributed by atoms with E-state index < -0.39 is 12.0 Å². The molecule has 27 heavy (non-hydrogen) atoms. The van der Waals surface area contributed by atoms with Crippen LogP contribution in [0.4, 0.5) is 0 Å². The Kier molecular flexibility index (Phi) is 7.26. The van der Waals surface area contributed by atoms with E-state index in [1.54, 1.807) is 32.2 Å². The largest absolute Gasteiger partial charge is 0.493 e. The van der Waals surface area contributed by atoms with Gasteiger partial charge in [-0.2, -0.15) is 0 Å². The first-order valence-corrected chi connectivity index (χ1v) is 9.87. The van der Waals surface area contributed by atoms with Crippen molar-refractivity contribution in [2.24, 2.45) is 5.92 Å². The number of carbonyl (C=O) groups excluding carboxylic acids is 1. The summed E-state index contributed by atoms with van der Waals surface area (Å²) in [7, 11) is 1.55. The second-order valence-electron chi connectivity index (χ2n) is 6.06. The van der Waals surface area contributed by atoms with Crippen molar-refractivity contribution >= 4 is 46.3 Å². The van der Waals surface area contributed by atoms with Gasteiger partial charge in [-0.3, -0.25) is 9.69 Å². The third-order valence-electron chi connectivity index (χ3n) is 4.32. The lowest BCUT2D eigenvalue weighted by Gasteiger charge is -2.27. The van der Waals surface area contributed by atoms with Crippen LogP contribution in [0.2, 0.25) is 0 Å². The van der Waals surface area contributed by atoms with Crippen LogP contribution in [0, 0.1) is 5.92 Å². The zero-order chi connectivity index (χ0) is 20.1. The maximum Gasteiger partial charge on any atom is 0.327 e. The van der Waals surface area contributed by atoms with Gasteiger partial charge in [0, 0.05) is 0 Å². The Morgan fingerprint density at radius 2 is 2.07 bits per heavy atom. The Morgan fingerprint density at radius 1 is 1.37 bits per heavy atom. The Bertz CT molecular complexity index is 777. The third kappa shape index (κ3) is 4.62. The van der Waals surface area contributed by atoms with Crippen LogP contribution in [0.5, 0.6) is 11.5 Å². The Morgan fingerprint density at radius 3 is 2.63 bits per heavy atom. The average Bonchev–Trinajstić information content (AvgIpc) is 2.90. The molecule has 0 radical (unpaired) electrons. The highest BCUT2D eigenvalue weighted by Gasteiger charge is 2.42. The highest BCUT2D eigenvalue weighted by Crippen LogP contribution is 2.37. The molecule has 0 unspecified atom stereocenters. The van der Waals surface area contributed by atoms with Crippen LogP contribution in [-0.4, -0.2) is 46.0 Å². The van der Waals surface area contributed by atoms with Crippen LogP contribution >= 0.6 is 24.0 Å². The fourth-order valence-electron chi connectivity index (χ4n) is 2.75. The molecule has 1 aliphatic heterocycles. The molecule has 1 aliphatic rings. The van der Waals surface area contributed by atoms with Gasteiger partial charge in [0.05, 0.1) is 18.6 Å². The number of aliphatic carboxylic acids is 1. The topological polar surface area (TPSA) is 76.1 Å². The number of hydrogen-bond acceptors (Lipinski definition) is 6. The van der Waals surface area contributed by atoms with E-state index in [1.807, 2.05) is 19.9 Å². The molecule has 2 rings (SSSR count). The number of hydrogen-bond donors (Lipinski definition) is 1. The van der Waals surface area contributed by atoms with Crippen LogP contribution < -0.4 is 9.47 Å². The number of carboxylic acid groups (broad SMARTS) is 1. The van der Waals surface area contributed by atoms with Crippen molar-refractivity contribution in [2.45, 2.75) is 33.2 Å². The molecule has 0 bridgehead atoms. The summed E-state index contributed by atoms with van der Waals surface area (Å²) in [5.74, 6) is -0.471. The first-order chi connectivity index (χ1) is 12.8. The van der Waals surface area contributed by atoms with Gasteiger partial charge >= 0.3 is 5.97 Å². The number of thioether (sulfide) groups is 1. The molecule has 2 atom stereocenters. The zero-order valence-corrected chi connectivity index (χ0v) is 17.4. The summed E-state index contributed by atoms with van der Waals surface area (Å²) in [6.45, 7) is 6.09. The molecule has 1 aromatic rings. The SMILES string of the molecule is CCOc1ccc(/C=C2\SC(=S)N([C@@H](C(=O)O)[C@H](C)CC)C2=O)cc1OC. The molecule has 1 aromatic carbocycles. The van der Waals surface area contributed by atoms with Crippen LogP contribution in [-0.2, 0) is 9.59 Å². The number of nitrogens with zero attached hydrogens (tertiary/aromatic N) is 1. The number of thiocarbonyl (C=S) groups is 1. The molecule has 1 fully saturated rings. The smallest absolute Gasteiger partial charge is 0.327 e. The van der Waals surface area contributed by atoms with E-state index >= 15 is 0 Å². The van der Waals surface area contributed by atoms with E-state index in [1.165, 1.54) is 4.90 Å². The quantitative estimate of drug-likeness (QED) is 0.517. The maximum atomic E-state index is 12.8. The van der Waals surface area contributed by atoms with Gasteiger partial charge in [0.25, 0.3) is 5.91 Å². The van der Waals surface area contributed by atoms with Crippen molar-refractivity contribution in [3.63, 3.8) is 0 Å². The molecule has 0 saturated carbocycles. The third-order valence-corrected chi connectivity index (χ3v) is 5.65. The maximum absolute atomic E-state index is 12.8. The molecule has 6 nitrogen and oxygen atoms in total. The lowest BCUT2D eigenvalue weighted by Crippen LogP contribution is -2.47. The van der Waals surface area contributed by atoms with E-state index in [0.29, 0.717) is 29.4 Å². The summed E-state index contributed by atoms with van der Waals surface area (Å²) in [6.07, 6.45) is 2.32. The number of carboxylic acids is 1. The standard InChI is InChI=1S/C19H23NO5S2/c1-5-11(3)16(18(22)23)20-17(21)15(27-19(20)26)10-12-7-8-13(25-6-2)14(9-12)24-4/h7-11,16H,5-6H2,1-4H3,(H,22,23)/b15-10-/t11-,16-/m1/s1. The molecule has 0 aromatic heterocycles. The Hall–Kier alpha value is -2.06. The summed E-state index contributed by atoms with van der Waals surface area (Å²) in [5, 5.41) is 9.58. The van der Waals surface area contributed by atoms with E-state index in [9.17, 15) is 14.7 Å². The first-order valence-electron chi connectivity index (χ1n) is 8.64. The predicted octanol–water partition coefficient (Wildman–Crippen LogP) is 3.79. The number of methoxy groups -OCH3 is 1. The number of rotatable bonds is 8. The molecule has 0 aliphatic carbocycles. The van der Waals surface area contributed by atoms with Crippen molar-refractivity contribution in [3.05, 3.63) is 28.7 Å². The molecule has 1 N–H and O–H groups in total. The normalized spacial score (nSPS) is 17.9. The fourth-order valence-corrected chi connectivity index (χ4v) is 4.08. The van der Waals surface area contributed by atoms with Gasteiger partial charge in [0.2, 0.25) is 0 Å². The highest BCUT2D eigenvalue weighted by atomic mass is 32.2. The van der Waals surface area contributed by atoms with E-state index in [0.717, 1.165) is 17.3 Å². The summed E-state index contributed by atoms with van der Waals surface area (Å²) in [6, 6.07) is 4.38. The number of amides is 1. The van der Waals surface area contributed by atoms with Crippen molar-refractivity contribution < 1.29 is 24.2 Å². The van der Waals surface area contributed by atoms with Crippen molar-refractivity contribution in [1.82, 2.24) is 4.90 Å². The second kappa shape index (κ2) is 9.23. The van der Waals surface area contributed by atoms with Gasteiger partial charge < -0.3 is 14.6 Å². The average molecular weight is 410 g/mol. The molecular weight excluding hydrogens is 386 g/mol. The molecule has 146 valence electrons. The minimum Gasteiger partial charge on any atom is -0.493 e. The van der Waals surface area contributed by atoms with Crippen molar-refractivity contribution in [1.29, 1.82) is 0 Å². The van der Waals surface area contributed by atoms with Crippen LogP contribution in [0.25, 0.3) is 6.08 Å². The summed E-state index contributed by atoms with van der Waals surface area (Å²) >= 11 is 6.41. The highest BCUT2D eigenvalue weighted by molar-refractivity contribution is 8.26. The molecule has 1 saturated heterocycles. The molecule has 0 spiro atoms. The van der Waals surface area contributed by atoms with E-state index in [-0.39, 0.29) is 16.1 Å². The van der Waals surface area contributed by atoms with Gasteiger partial charge in [-0.05, 0) is 36.6 Å². The van der Waals surface area contributed by atoms with Crippen LogP contribution in [0.15, 0.2) is 23.1 Å². The predicted molar refractivity (Wildman–Crippen MR) is 110 cm³/mol. The second-order valence-corrected chi connectivity index (χ2v) is 7.74. The van der Waals surface area contributed by atoms with Gasteiger partial charge in [-0.1, -0.05) is 50.3 Å². The number of ether oxygens (including phenoxy) is 2. The van der Waals surface area contributed by atoms with Gasteiger partial charge in [0.15, 0.2) is 11.5 Å². The minimum atomic E-state index is -1.05. The lowest BCUT2D eigenvalue weighted by atomic mass is 9.98. The van der Waals surface area contributed by atoms with Gasteiger partial charge in [-0.25, -0.2) is 4.79 Å². The summed E-state index contributed by atoms with van der Waals surface area (Å²) < 4.78 is 11.1. The van der Waals surface area contributed by atoms with Crippen molar-refractivity contribution in [2.75, 3.05) is 13.7 Å². The first kappa shape index (κ1) is 21.2. The summed E-state index contributed by atoms with van der Waals surface area (Å²) in [5.41, 5.74) is 0.742. The molecule has 1 heterocycles. The van der Waals surface area contributed by atoms with Gasteiger partial charge in [-0.15, -0.1) is 0 Å². The Balaban J connectivity index is 2.34. The van der Waals surface area contributed by atoms with E-state index in [4.69, 9.17) is 21.7 Å². The van der Waals surface area contributed by atoms with Gasteiger partial charge in [0.1, 0.15) is 10.4 Å². The number of carbonyl (C=O) groups is 2. The lowest BCUT2D eigenvalue weighted by molar-refractivity contribution is -0.147. The number of benzene rings is 1. The van der Waals surface area contributed by atoms with Crippen LogP contribution in [0.3, 0.4) is 0 Å². The molecule has 8 heteroatoms. The fraction of sp³-hybridized carbons (Fsp3) is 0.421. The zero-order valence-electron chi connectivity index (χ0n) is 15.7. The monoisotopic (exact) mass is 409 g/mol.